The van der Waals surface area contributed by atoms with Crippen molar-refractivity contribution in [3.8, 4) is 11.8 Å². The highest BCUT2D eigenvalue weighted by Gasteiger charge is 2.22. The number of para-hydroxylation sites is 1. The van der Waals surface area contributed by atoms with Crippen LogP contribution in [0.3, 0.4) is 0 Å². The van der Waals surface area contributed by atoms with Gasteiger partial charge in [-0.25, -0.2) is 4.79 Å². The summed E-state index contributed by atoms with van der Waals surface area (Å²) in [4.78, 5) is 40.0. The first-order valence-corrected chi connectivity index (χ1v) is 17.9. The zero-order chi connectivity index (χ0) is 35.6. The number of phenols is 1. The summed E-state index contributed by atoms with van der Waals surface area (Å²) in [6, 6.07) is 24.9. The minimum Gasteiger partial charge on any atom is -0.508 e. The van der Waals surface area contributed by atoms with Gasteiger partial charge in [-0.05, 0) is 85.6 Å². The van der Waals surface area contributed by atoms with Crippen LogP contribution in [-0.2, 0) is 24.3 Å². The lowest BCUT2D eigenvalue weighted by Crippen LogP contribution is -2.42. The van der Waals surface area contributed by atoms with E-state index in [9.17, 15) is 14.7 Å². The zero-order valence-electron chi connectivity index (χ0n) is 29.2. The van der Waals surface area contributed by atoms with Gasteiger partial charge in [0.05, 0.1) is 13.2 Å². The zero-order valence-corrected chi connectivity index (χ0v) is 29.2. The number of hydrogen-bond donors (Lipinski definition) is 5. The molecule has 6 rings (SSSR count). The highest BCUT2D eigenvalue weighted by Crippen LogP contribution is 2.23. The Bertz CT molecular complexity index is 1920. The molecule has 1 amide bonds. The summed E-state index contributed by atoms with van der Waals surface area (Å²) >= 11 is 0. The average molecular weight is 693 g/mol. The van der Waals surface area contributed by atoms with Crippen molar-refractivity contribution >= 4 is 28.6 Å². The fourth-order valence-corrected chi connectivity index (χ4v) is 6.51. The van der Waals surface area contributed by atoms with Gasteiger partial charge in [-0.15, -0.1) is 0 Å². The molecule has 0 spiro atoms. The number of benzene rings is 3. The molecule has 0 unspecified atom stereocenters. The van der Waals surface area contributed by atoms with Crippen LogP contribution in [0.5, 0.6) is 11.8 Å². The molecule has 12 heteroatoms. The number of H-pyrrole nitrogens is 1. The minimum absolute atomic E-state index is 0.0269. The number of piperidine rings is 1. The first-order chi connectivity index (χ1) is 24.8. The molecular formula is C39H48N8O4. The summed E-state index contributed by atoms with van der Waals surface area (Å²) < 4.78 is 7.23. The van der Waals surface area contributed by atoms with Gasteiger partial charge < -0.3 is 31.2 Å². The predicted molar refractivity (Wildman–Crippen MR) is 200 cm³/mol. The van der Waals surface area contributed by atoms with Crippen LogP contribution in [0.15, 0.2) is 83.7 Å². The molecule has 0 aliphatic carbocycles. The van der Waals surface area contributed by atoms with E-state index in [-0.39, 0.29) is 29.2 Å². The molecule has 1 aliphatic rings. The monoisotopic (exact) mass is 692 g/mol. The summed E-state index contributed by atoms with van der Waals surface area (Å²) in [5.74, 6) is 0.937. The van der Waals surface area contributed by atoms with E-state index >= 15 is 0 Å². The maximum absolute atomic E-state index is 13.3. The van der Waals surface area contributed by atoms with Gasteiger partial charge in [-0.3, -0.25) is 14.3 Å². The normalized spacial score (nSPS) is 14.4. The van der Waals surface area contributed by atoms with E-state index in [1.54, 1.807) is 16.7 Å². The summed E-state index contributed by atoms with van der Waals surface area (Å²) in [5.41, 5.74) is 10.7. The Kier molecular flexibility index (Phi) is 11.8. The largest absolute Gasteiger partial charge is 0.508 e. The minimum atomic E-state index is -0.427. The molecule has 0 radical (unpaired) electrons. The molecular weight excluding hydrogens is 644 g/mol. The number of ether oxygens (including phenoxy) is 1. The molecule has 1 aliphatic heterocycles. The molecule has 0 saturated carbocycles. The molecule has 1 saturated heterocycles. The van der Waals surface area contributed by atoms with E-state index < -0.39 is 6.04 Å². The van der Waals surface area contributed by atoms with E-state index in [0.29, 0.717) is 43.2 Å². The lowest BCUT2D eigenvalue weighted by atomic mass is 9.93. The maximum atomic E-state index is 13.3. The van der Waals surface area contributed by atoms with Gasteiger partial charge in [0.2, 0.25) is 5.91 Å². The van der Waals surface area contributed by atoms with E-state index in [1.165, 1.54) is 5.56 Å². The number of amides is 1. The molecule has 1 atom stereocenters. The summed E-state index contributed by atoms with van der Waals surface area (Å²) in [6.07, 6.45) is 5.51. The molecule has 5 aromatic rings. The second kappa shape index (κ2) is 17.0. The Morgan fingerprint density at radius 2 is 1.67 bits per heavy atom. The third-order valence-corrected chi connectivity index (χ3v) is 9.50. The van der Waals surface area contributed by atoms with Crippen molar-refractivity contribution < 1.29 is 14.6 Å². The summed E-state index contributed by atoms with van der Waals surface area (Å²) in [6.45, 7) is 6.44. The van der Waals surface area contributed by atoms with Crippen molar-refractivity contribution in [1.29, 1.82) is 0 Å². The van der Waals surface area contributed by atoms with Crippen molar-refractivity contribution in [2.45, 2.75) is 64.6 Å². The number of phenolic OH excluding ortho intramolecular Hbond substituents is 1. The third kappa shape index (κ3) is 9.66. The number of nitrogens with one attached hydrogen (secondary N) is 3. The number of hydrogen-bond acceptors (Lipinski definition) is 9. The van der Waals surface area contributed by atoms with Crippen LogP contribution in [0.1, 0.15) is 55.7 Å². The van der Waals surface area contributed by atoms with Gasteiger partial charge in [0.1, 0.15) is 17.3 Å². The Morgan fingerprint density at radius 1 is 0.980 bits per heavy atom. The molecule has 12 nitrogen and oxygen atoms in total. The van der Waals surface area contributed by atoms with E-state index in [1.807, 2.05) is 42.5 Å². The van der Waals surface area contributed by atoms with Crippen molar-refractivity contribution in [2.75, 3.05) is 37.3 Å². The number of aromatic hydroxyl groups is 1. The third-order valence-electron chi connectivity index (χ3n) is 9.50. The first kappa shape index (κ1) is 35.5. The number of nitrogens with zero attached hydrogens (tertiary/aromatic N) is 4. The van der Waals surface area contributed by atoms with Gasteiger partial charge in [0.25, 0.3) is 0 Å². The smallest absolute Gasteiger partial charge is 0.328 e. The SMILES string of the molecule is CCCCOc1nc(N)c2[nH]c(=O)n(Cc3ccc(CN4CCC(CCNC(=O)[C@H](Cc5ccc(O)cc5)Nc5ccccc5)CC4)cc3)c2n1. The highest BCUT2D eigenvalue weighted by molar-refractivity contribution is 5.85. The van der Waals surface area contributed by atoms with Crippen LogP contribution in [0, 0.1) is 5.92 Å². The molecule has 268 valence electrons. The lowest BCUT2D eigenvalue weighted by Gasteiger charge is -2.32. The second-order valence-electron chi connectivity index (χ2n) is 13.4. The van der Waals surface area contributed by atoms with Crippen molar-refractivity contribution in [3.63, 3.8) is 0 Å². The van der Waals surface area contributed by atoms with E-state index in [4.69, 9.17) is 10.5 Å². The summed E-state index contributed by atoms with van der Waals surface area (Å²) in [7, 11) is 0. The van der Waals surface area contributed by atoms with Crippen LogP contribution in [0.4, 0.5) is 11.5 Å². The van der Waals surface area contributed by atoms with Crippen LogP contribution in [0.2, 0.25) is 0 Å². The predicted octanol–water partition coefficient (Wildman–Crippen LogP) is 5.08. The number of aromatic amines is 1. The molecule has 2 aromatic heterocycles. The van der Waals surface area contributed by atoms with Gasteiger partial charge in [0.15, 0.2) is 11.5 Å². The number of likely N-dealkylation sites (tertiary alicyclic amines) is 1. The maximum Gasteiger partial charge on any atom is 0.328 e. The Hall–Kier alpha value is -5.36. The quantitative estimate of drug-likeness (QED) is 0.0888. The van der Waals surface area contributed by atoms with E-state index in [0.717, 1.165) is 68.6 Å². The fraction of sp³-hybridized carbons (Fsp3) is 0.385. The van der Waals surface area contributed by atoms with Crippen molar-refractivity contribution in [2.24, 2.45) is 5.92 Å². The van der Waals surface area contributed by atoms with Gasteiger partial charge in [0, 0.05) is 25.2 Å². The molecule has 3 aromatic carbocycles. The molecule has 0 bridgehead atoms. The van der Waals surface area contributed by atoms with Crippen LogP contribution in [-0.4, -0.2) is 67.7 Å². The van der Waals surface area contributed by atoms with Crippen LogP contribution in [0.25, 0.3) is 11.2 Å². The average Bonchev–Trinajstić information content (AvgIpc) is 3.45. The van der Waals surface area contributed by atoms with Gasteiger partial charge in [-0.1, -0.05) is 67.9 Å². The number of rotatable bonds is 16. The number of nitrogens with two attached hydrogens (primary N) is 1. The van der Waals surface area contributed by atoms with Gasteiger partial charge >= 0.3 is 11.7 Å². The second-order valence-corrected chi connectivity index (χ2v) is 13.4. The number of aromatic nitrogens is 4. The standard InChI is InChI=1S/C39H48N8O4/c1-2-3-23-51-38-44-35(40)34-36(45-38)47(39(50)43-34)26-30-11-9-29(10-12-30)25-46-21-18-27(19-22-46)17-20-41-37(49)33(42-31-7-5-4-6-8-31)24-28-13-15-32(48)16-14-28/h4-16,27,33,42,48H,2-3,17-26H2,1H3,(H,41,49)(H,43,50)(H2,40,44,45)/t33-/m0/s1. The molecule has 3 heterocycles. The number of unbranched alkanes of at least 4 members (excludes halogenated alkanes) is 1. The topological polar surface area (TPSA) is 163 Å². The number of fused-ring (bicyclic) bond motifs is 1. The Morgan fingerprint density at radius 3 is 2.37 bits per heavy atom. The van der Waals surface area contributed by atoms with Crippen molar-refractivity contribution in [3.05, 3.63) is 106 Å². The number of nitrogen functional groups attached to an aromatic ring is 1. The van der Waals surface area contributed by atoms with Gasteiger partial charge in [-0.2, -0.15) is 9.97 Å². The van der Waals surface area contributed by atoms with Crippen molar-refractivity contribution in [1.82, 2.24) is 29.7 Å². The molecule has 1 fully saturated rings. The molecule has 51 heavy (non-hydrogen) atoms. The van der Waals surface area contributed by atoms with Crippen LogP contribution >= 0.6 is 0 Å². The Balaban J connectivity index is 0.964. The van der Waals surface area contributed by atoms with Crippen LogP contribution < -0.4 is 26.8 Å². The number of anilines is 2. The first-order valence-electron chi connectivity index (χ1n) is 17.9. The summed E-state index contributed by atoms with van der Waals surface area (Å²) in [5, 5.41) is 16.2. The number of carbonyl (C=O) groups excluding carboxylic acids is 1. The number of carbonyl (C=O) groups is 1. The lowest BCUT2D eigenvalue weighted by molar-refractivity contribution is -0.121. The fourth-order valence-electron chi connectivity index (χ4n) is 6.51. The molecule has 6 N–H and O–H groups in total. The van der Waals surface area contributed by atoms with E-state index in [2.05, 4.69) is 61.7 Å². The number of imidazole rings is 1. The Labute approximate surface area is 298 Å². The highest BCUT2D eigenvalue weighted by atomic mass is 16.5.